The zero-order chi connectivity index (χ0) is 16.0. The molecule has 0 radical (unpaired) electrons. The number of ether oxygens (including phenoxy) is 3. The molecule has 0 spiro atoms. The molecule has 5 nitrogen and oxygen atoms in total. The number of hydrogen-bond donors (Lipinski definition) is 1. The summed E-state index contributed by atoms with van der Waals surface area (Å²) in [6.45, 7) is 7.17. The van der Waals surface area contributed by atoms with Crippen LogP contribution < -0.4 is 15.2 Å². The van der Waals surface area contributed by atoms with Gasteiger partial charge in [-0.25, -0.2) is 0 Å². The van der Waals surface area contributed by atoms with Crippen molar-refractivity contribution in [3.05, 3.63) is 23.8 Å². The minimum atomic E-state index is 0. The molecule has 0 saturated carbocycles. The molecule has 2 N–H and O–H groups in total. The van der Waals surface area contributed by atoms with Gasteiger partial charge in [0.05, 0.1) is 13.7 Å². The van der Waals surface area contributed by atoms with Crippen LogP contribution in [0, 0.1) is 5.41 Å². The van der Waals surface area contributed by atoms with Gasteiger partial charge in [0.2, 0.25) is 0 Å². The molecule has 0 amide bonds. The van der Waals surface area contributed by atoms with Crippen molar-refractivity contribution in [3.8, 4) is 11.5 Å². The fourth-order valence-corrected chi connectivity index (χ4v) is 2.85. The summed E-state index contributed by atoms with van der Waals surface area (Å²) in [7, 11) is 3.33. The van der Waals surface area contributed by atoms with E-state index in [4.69, 9.17) is 19.9 Å². The molecule has 132 valence electrons. The van der Waals surface area contributed by atoms with E-state index in [-0.39, 0.29) is 17.8 Å². The molecular weight excluding hydrogens is 316 g/mol. The molecule has 1 aliphatic rings. The van der Waals surface area contributed by atoms with Crippen LogP contribution in [0.15, 0.2) is 18.2 Å². The second kappa shape index (κ2) is 9.33. The van der Waals surface area contributed by atoms with Gasteiger partial charge < -0.3 is 19.9 Å². The van der Waals surface area contributed by atoms with E-state index in [0.717, 1.165) is 37.7 Å². The van der Waals surface area contributed by atoms with Crippen LogP contribution in [0.2, 0.25) is 0 Å². The Balaban J connectivity index is 0.00000264. The average molecular weight is 345 g/mol. The van der Waals surface area contributed by atoms with Crippen molar-refractivity contribution in [2.45, 2.75) is 19.9 Å². The smallest absolute Gasteiger partial charge is 0.161 e. The van der Waals surface area contributed by atoms with E-state index in [2.05, 4.69) is 24.0 Å². The number of nitrogens with two attached hydrogens (primary N) is 1. The first-order valence-corrected chi connectivity index (χ1v) is 7.81. The largest absolute Gasteiger partial charge is 0.493 e. The summed E-state index contributed by atoms with van der Waals surface area (Å²) >= 11 is 0. The molecule has 0 aromatic heterocycles. The van der Waals surface area contributed by atoms with Crippen molar-refractivity contribution < 1.29 is 14.2 Å². The highest BCUT2D eigenvalue weighted by Gasteiger charge is 2.32. The third-order valence-corrected chi connectivity index (χ3v) is 4.31. The Morgan fingerprint density at radius 1 is 1.22 bits per heavy atom. The number of benzene rings is 1. The normalized spacial score (nSPS) is 21.0. The quantitative estimate of drug-likeness (QED) is 0.733. The predicted molar refractivity (Wildman–Crippen MR) is 94.7 cm³/mol. The van der Waals surface area contributed by atoms with Crippen LogP contribution in [0.1, 0.15) is 18.9 Å². The van der Waals surface area contributed by atoms with Crippen LogP contribution >= 0.6 is 12.4 Å². The van der Waals surface area contributed by atoms with Crippen molar-refractivity contribution >= 4 is 12.4 Å². The molecule has 1 heterocycles. The third-order valence-electron chi connectivity index (χ3n) is 4.31. The molecule has 1 atom stereocenters. The molecule has 6 heteroatoms. The summed E-state index contributed by atoms with van der Waals surface area (Å²) in [5.74, 6) is 1.53. The first kappa shape index (κ1) is 20.0. The van der Waals surface area contributed by atoms with Crippen LogP contribution in [0.25, 0.3) is 0 Å². The highest BCUT2D eigenvalue weighted by molar-refractivity contribution is 5.85. The summed E-state index contributed by atoms with van der Waals surface area (Å²) in [4.78, 5) is 2.45. The minimum Gasteiger partial charge on any atom is -0.493 e. The van der Waals surface area contributed by atoms with Crippen LogP contribution in [0.4, 0.5) is 0 Å². The molecule has 2 rings (SSSR count). The molecule has 1 saturated heterocycles. The Hall–Kier alpha value is -1.01. The molecule has 1 fully saturated rings. The lowest BCUT2D eigenvalue weighted by atomic mass is 9.90. The lowest BCUT2D eigenvalue weighted by Gasteiger charge is -2.23. The number of halogens is 1. The first-order chi connectivity index (χ1) is 10.6. The van der Waals surface area contributed by atoms with Crippen molar-refractivity contribution in [1.29, 1.82) is 0 Å². The summed E-state index contributed by atoms with van der Waals surface area (Å²) in [6.07, 6.45) is 1.17. The molecule has 23 heavy (non-hydrogen) atoms. The third kappa shape index (κ3) is 5.53. The van der Waals surface area contributed by atoms with Gasteiger partial charge in [0.25, 0.3) is 0 Å². The van der Waals surface area contributed by atoms with Gasteiger partial charge in [0.1, 0.15) is 6.61 Å². The molecule has 1 aliphatic heterocycles. The Bertz CT molecular complexity index is 487. The number of hydrogen-bond acceptors (Lipinski definition) is 5. The van der Waals surface area contributed by atoms with Crippen molar-refractivity contribution in [3.63, 3.8) is 0 Å². The fourth-order valence-electron chi connectivity index (χ4n) is 2.85. The number of likely N-dealkylation sites (tertiary alicyclic amines) is 1. The van der Waals surface area contributed by atoms with Crippen LogP contribution in [0.3, 0.4) is 0 Å². The fraction of sp³-hybridized carbons (Fsp3) is 0.647. The first-order valence-electron chi connectivity index (χ1n) is 7.81. The Morgan fingerprint density at radius 2 is 2.00 bits per heavy atom. The Labute approximate surface area is 145 Å². The van der Waals surface area contributed by atoms with Crippen LogP contribution in [-0.4, -0.2) is 52.0 Å². The molecular formula is C17H29ClN2O3. The van der Waals surface area contributed by atoms with Gasteiger partial charge in [-0.3, -0.25) is 4.90 Å². The molecule has 1 aromatic rings. The average Bonchev–Trinajstić information content (AvgIpc) is 2.90. The molecule has 1 aromatic carbocycles. The highest BCUT2D eigenvalue weighted by atomic mass is 35.5. The number of rotatable bonds is 8. The van der Waals surface area contributed by atoms with E-state index >= 15 is 0 Å². The summed E-state index contributed by atoms with van der Waals surface area (Å²) in [6, 6.07) is 6.13. The highest BCUT2D eigenvalue weighted by Crippen LogP contribution is 2.32. The SMILES string of the molecule is COCCOc1ccc(CN2CCC(C)(CN)C2)cc1OC.Cl. The maximum atomic E-state index is 5.87. The lowest BCUT2D eigenvalue weighted by Crippen LogP contribution is -2.31. The van der Waals surface area contributed by atoms with E-state index in [9.17, 15) is 0 Å². The van der Waals surface area contributed by atoms with Gasteiger partial charge in [-0.05, 0) is 42.6 Å². The predicted octanol–water partition coefficient (Wildman–Crippen LogP) is 2.31. The monoisotopic (exact) mass is 344 g/mol. The maximum absolute atomic E-state index is 5.87. The van der Waals surface area contributed by atoms with Gasteiger partial charge in [-0.1, -0.05) is 13.0 Å². The maximum Gasteiger partial charge on any atom is 0.161 e. The summed E-state index contributed by atoms with van der Waals surface area (Å²) in [5, 5.41) is 0. The Morgan fingerprint density at radius 3 is 2.61 bits per heavy atom. The zero-order valence-corrected chi connectivity index (χ0v) is 15.2. The van der Waals surface area contributed by atoms with Gasteiger partial charge in [-0.15, -0.1) is 12.4 Å². The second-order valence-corrected chi connectivity index (χ2v) is 6.30. The van der Waals surface area contributed by atoms with Gasteiger partial charge in [0, 0.05) is 20.2 Å². The molecule has 1 unspecified atom stereocenters. The van der Waals surface area contributed by atoms with E-state index in [1.807, 2.05) is 6.07 Å². The van der Waals surface area contributed by atoms with E-state index in [1.54, 1.807) is 14.2 Å². The summed E-state index contributed by atoms with van der Waals surface area (Å²) < 4.78 is 16.1. The van der Waals surface area contributed by atoms with Gasteiger partial charge in [-0.2, -0.15) is 0 Å². The lowest BCUT2D eigenvalue weighted by molar-refractivity contribution is 0.144. The standard InChI is InChI=1S/C17H28N2O3.ClH/c1-17(12-18)6-7-19(13-17)11-14-4-5-15(16(10-14)21-3)22-9-8-20-2;/h4-5,10H,6-9,11-13,18H2,1-3H3;1H. The zero-order valence-electron chi connectivity index (χ0n) is 14.3. The van der Waals surface area contributed by atoms with Gasteiger partial charge >= 0.3 is 0 Å². The number of nitrogens with zero attached hydrogens (tertiary/aromatic N) is 1. The molecule has 0 aliphatic carbocycles. The number of methoxy groups -OCH3 is 2. The van der Waals surface area contributed by atoms with E-state index in [0.29, 0.717) is 13.2 Å². The van der Waals surface area contributed by atoms with Crippen molar-refractivity contribution in [1.82, 2.24) is 4.90 Å². The van der Waals surface area contributed by atoms with Gasteiger partial charge in [0.15, 0.2) is 11.5 Å². The second-order valence-electron chi connectivity index (χ2n) is 6.30. The van der Waals surface area contributed by atoms with Crippen molar-refractivity contribution in [2.24, 2.45) is 11.1 Å². The van der Waals surface area contributed by atoms with Crippen LogP contribution in [0.5, 0.6) is 11.5 Å². The topological polar surface area (TPSA) is 57.0 Å². The minimum absolute atomic E-state index is 0. The van der Waals surface area contributed by atoms with Crippen LogP contribution in [-0.2, 0) is 11.3 Å². The van der Waals surface area contributed by atoms with E-state index in [1.165, 1.54) is 12.0 Å². The van der Waals surface area contributed by atoms with Crippen molar-refractivity contribution in [2.75, 3.05) is 47.1 Å². The van der Waals surface area contributed by atoms with E-state index < -0.39 is 0 Å². The Kier molecular flexibility index (Phi) is 8.12. The molecule has 0 bridgehead atoms. The summed E-state index contributed by atoms with van der Waals surface area (Å²) in [5.41, 5.74) is 7.36.